The Bertz CT molecular complexity index is 438. The number of benzene rings is 1. The zero-order valence-electron chi connectivity index (χ0n) is 10.4. The molecule has 1 heterocycles. The highest BCUT2D eigenvalue weighted by Crippen LogP contribution is 2.33. The third-order valence-corrected chi connectivity index (χ3v) is 4.23. The maximum atomic E-state index is 8.23. The lowest BCUT2D eigenvalue weighted by Crippen LogP contribution is -2.29. The van der Waals surface area contributed by atoms with Crippen LogP contribution in [0.2, 0.25) is 0 Å². The number of hydrogen-bond donors (Lipinski definition) is 1. The fourth-order valence-corrected chi connectivity index (χ4v) is 3.30. The second kappa shape index (κ2) is 4.17. The summed E-state index contributed by atoms with van der Waals surface area (Å²) in [7, 11) is 0. The van der Waals surface area contributed by atoms with Gasteiger partial charge in [-0.15, -0.1) is 0 Å². The van der Waals surface area contributed by atoms with Crippen LogP contribution in [0.3, 0.4) is 0 Å². The maximum absolute atomic E-state index is 8.23. The van der Waals surface area contributed by atoms with Gasteiger partial charge in [-0.05, 0) is 30.2 Å². The van der Waals surface area contributed by atoms with Gasteiger partial charge < -0.3 is 4.90 Å². The first-order chi connectivity index (χ1) is 8.24. The van der Waals surface area contributed by atoms with Crippen LogP contribution in [0, 0.1) is 17.2 Å². The molecule has 2 heteroatoms. The minimum Gasteiger partial charge on any atom is -0.352 e. The van der Waals surface area contributed by atoms with Crippen LogP contribution in [0.5, 0.6) is 0 Å². The molecule has 1 aromatic carbocycles. The highest BCUT2D eigenvalue weighted by atomic mass is 15.2. The third-order valence-electron chi connectivity index (χ3n) is 4.23. The molecular weight excluding hydrogens is 208 g/mol. The van der Waals surface area contributed by atoms with Gasteiger partial charge in [0.05, 0.1) is 0 Å². The first kappa shape index (κ1) is 10.8. The minimum atomic E-state index is 0.736. The van der Waals surface area contributed by atoms with Crippen molar-refractivity contribution in [1.82, 2.24) is 4.90 Å². The molecule has 0 amide bonds. The van der Waals surface area contributed by atoms with Crippen molar-refractivity contribution in [1.29, 1.82) is 5.41 Å². The van der Waals surface area contributed by atoms with Crippen molar-refractivity contribution < 1.29 is 0 Å². The number of fused-ring (bicyclic) bond motifs is 1. The molecule has 2 atom stereocenters. The molecule has 0 spiro atoms. The van der Waals surface area contributed by atoms with Crippen LogP contribution in [0.15, 0.2) is 24.3 Å². The molecule has 1 fully saturated rings. The molecule has 1 saturated carbocycles. The number of nitrogens with one attached hydrogen (secondary N) is 1. The SMILES string of the molecule is CC1CCC(CN2Cc3ccccc3C2=N)C1. The lowest BCUT2D eigenvalue weighted by molar-refractivity contribution is 0.339. The first-order valence-corrected chi connectivity index (χ1v) is 6.66. The average molecular weight is 228 g/mol. The van der Waals surface area contributed by atoms with E-state index in [1.807, 2.05) is 6.07 Å². The predicted octanol–water partition coefficient (Wildman–Crippen LogP) is 3.26. The lowest BCUT2D eigenvalue weighted by atomic mass is 10.1. The molecule has 1 aliphatic heterocycles. The Balaban J connectivity index is 1.70. The lowest BCUT2D eigenvalue weighted by Gasteiger charge is -2.22. The summed E-state index contributed by atoms with van der Waals surface area (Å²) in [5, 5.41) is 8.23. The average Bonchev–Trinajstić information content (AvgIpc) is 2.86. The van der Waals surface area contributed by atoms with Gasteiger partial charge in [-0.3, -0.25) is 5.41 Å². The second-order valence-electron chi connectivity index (χ2n) is 5.67. The summed E-state index contributed by atoms with van der Waals surface area (Å²) in [5.74, 6) is 2.43. The smallest absolute Gasteiger partial charge is 0.128 e. The van der Waals surface area contributed by atoms with E-state index in [0.29, 0.717) is 0 Å². The molecule has 0 bridgehead atoms. The van der Waals surface area contributed by atoms with E-state index in [2.05, 4.69) is 30.0 Å². The normalized spacial score (nSPS) is 27.6. The van der Waals surface area contributed by atoms with Gasteiger partial charge in [-0.1, -0.05) is 37.6 Å². The zero-order valence-corrected chi connectivity index (χ0v) is 10.4. The number of amidine groups is 1. The maximum Gasteiger partial charge on any atom is 0.128 e. The third kappa shape index (κ3) is 1.97. The Hall–Kier alpha value is -1.31. The Labute approximate surface area is 103 Å². The van der Waals surface area contributed by atoms with E-state index in [4.69, 9.17) is 5.41 Å². The fraction of sp³-hybridized carbons (Fsp3) is 0.533. The van der Waals surface area contributed by atoms with Crippen LogP contribution in [-0.4, -0.2) is 17.3 Å². The molecule has 90 valence electrons. The van der Waals surface area contributed by atoms with Crippen LogP contribution < -0.4 is 0 Å². The number of hydrogen-bond acceptors (Lipinski definition) is 1. The van der Waals surface area contributed by atoms with Crippen molar-refractivity contribution in [3.05, 3.63) is 35.4 Å². The van der Waals surface area contributed by atoms with E-state index in [0.717, 1.165) is 36.3 Å². The summed E-state index contributed by atoms with van der Waals surface area (Å²) in [5.41, 5.74) is 2.46. The Morgan fingerprint density at radius 3 is 2.82 bits per heavy atom. The van der Waals surface area contributed by atoms with Crippen molar-refractivity contribution in [3.63, 3.8) is 0 Å². The van der Waals surface area contributed by atoms with Gasteiger partial charge in [0.15, 0.2) is 0 Å². The van der Waals surface area contributed by atoms with Crippen LogP contribution >= 0.6 is 0 Å². The molecule has 0 aromatic heterocycles. The van der Waals surface area contributed by atoms with Crippen molar-refractivity contribution in [2.45, 2.75) is 32.7 Å². The van der Waals surface area contributed by atoms with Gasteiger partial charge >= 0.3 is 0 Å². The number of nitrogens with zero attached hydrogens (tertiary/aromatic N) is 1. The molecule has 17 heavy (non-hydrogen) atoms. The predicted molar refractivity (Wildman–Crippen MR) is 70.2 cm³/mol. The van der Waals surface area contributed by atoms with Crippen LogP contribution in [0.4, 0.5) is 0 Å². The molecule has 0 radical (unpaired) electrons. The fourth-order valence-electron chi connectivity index (χ4n) is 3.30. The van der Waals surface area contributed by atoms with E-state index in [-0.39, 0.29) is 0 Å². The monoisotopic (exact) mass is 228 g/mol. The highest BCUT2D eigenvalue weighted by molar-refractivity contribution is 6.00. The Morgan fingerprint density at radius 1 is 1.29 bits per heavy atom. The molecule has 1 aliphatic carbocycles. The first-order valence-electron chi connectivity index (χ1n) is 6.66. The molecule has 1 aromatic rings. The van der Waals surface area contributed by atoms with Crippen LogP contribution in [0.1, 0.15) is 37.3 Å². The van der Waals surface area contributed by atoms with E-state index in [1.165, 1.54) is 24.8 Å². The summed E-state index contributed by atoms with van der Waals surface area (Å²) in [6, 6.07) is 8.35. The minimum absolute atomic E-state index is 0.736. The van der Waals surface area contributed by atoms with Crippen molar-refractivity contribution in [3.8, 4) is 0 Å². The largest absolute Gasteiger partial charge is 0.352 e. The van der Waals surface area contributed by atoms with Gasteiger partial charge in [0.2, 0.25) is 0 Å². The number of rotatable bonds is 2. The van der Waals surface area contributed by atoms with Crippen molar-refractivity contribution in [2.75, 3.05) is 6.54 Å². The van der Waals surface area contributed by atoms with E-state index >= 15 is 0 Å². The van der Waals surface area contributed by atoms with Gasteiger partial charge in [0.25, 0.3) is 0 Å². The summed E-state index contributed by atoms with van der Waals surface area (Å²) in [4.78, 5) is 2.26. The highest BCUT2D eigenvalue weighted by Gasteiger charge is 2.28. The second-order valence-corrected chi connectivity index (χ2v) is 5.67. The summed E-state index contributed by atoms with van der Waals surface area (Å²) >= 11 is 0. The summed E-state index contributed by atoms with van der Waals surface area (Å²) in [6.07, 6.45) is 4.07. The quantitative estimate of drug-likeness (QED) is 0.826. The van der Waals surface area contributed by atoms with Crippen LogP contribution in [-0.2, 0) is 6.54 Å². The van der Waals surface area contributed by atoms with E-state index < -0.39 is 0 Å². The van der Waals surface area contributed by atoms with Gasteiger partial charge in [-0.25, -0.2) is 0 Å². The molecule has 2 unspecified atom stereocenters. The van der Waals surface area contributed by atoms with Gasteiger partial charge in [-0.2, -0.15) is 0 Å². The molecule has 2 nitrogen and oxygen atoms in total. The van der Waals surface area contributed by atoms with Crippen molar-refractivity contribution in [2.24, 2.45) is 11.8 Å². The van der Waals surface area contributed by atoms with Gasteiger partial charge in [0, 0.05) is 18.7 Å². The van der Waals surface area contributed by atoms with Gasteiger partial charge in [0.1, 0.15) is 5.84 Å². The van der Waals surface area contributed by atoms with E-state index in [1.54, 1.807) is 0 Å². The summed E-state index contributed by atoms with van der Waals surface area (Å²) < 4.78 is 0. The van der Waals surface area contributed by atoms with Crippen molar-refractivity contribution >= 4 is 5.84 Å². The van der Waals surface area contributed by atoms with E-state index in [9.17, 15) is 0 Å². The Kier molecular flexibility index (Phi) is 2.65. The standard InChI is InChI=1S/C15H20N2/c1-11-6-7-12(8-11)9-17-10-13-4-2-3-5-14(13)15(17)16/h2-5,11-12,16H,6-10H2,1H3. The molecule has 2 aliphatic rings. The Morgan fingerprint density at radius 2 is 2.12 bits per heavy atom. The zero-order chi connectivity index (χ0) is 11.8. The van der Waals surface area contributed by atoms with Crippen LogP contribution in [0.25, 0.3) is 0 Å². The molecule has 1 N–H and O–H groups in total. The topological polar surface area (TPSA) is 27.1 Å². The molecular formula is C15H20N2. The summed E-state index contributed by atoms with van der Waals surface area (Å²) in [6.45, 7) is 4.38. The molecule has 3 rings (SSSR count). The molecule has 0 saturated heterocycles.